The fraction of sp³-hybridized carbons (Fsp3) is 0.905. The van der Waals surface area contributed by atoms with Gasteiger partial charge in [0.25, 0.3) is 0 Å². The van der Waals surface area contributed by atoms with E-state index in [1.165, 1.54) is 7.11 Å². The molecule has 26 heavy (non-hydrogen) atoms. The maximum absolute atomic E-state index is 12.6. The molecule has 5 nitrogen and oxygen atoms in total. The predicted molar refractivity (Wildman–Crippen MR) is 95.1 cm³/mol. The van der Waals surface area contributed by atoms with Gasteiger partial charge in [-0.15, -0.1) is 0 Å². The molecule has 0 aromatic rings. The standard InChI is InChI=1S/C21H32O5/c1-19-7-6-16(23)14(9-18(24)26-2)15(19)5-8-20-10-13(3-4-17(19)20)21(25,11-20)12-22/h13-15,17,22,25H,3-12H2,1-2H3/t13-,14+,15-,17+,19-,20+,21+/m1/s1. The molecular formula is C21H32O5. The maximum atomic E-state index is 12.6. The largest absolute Gasteiger partial charge is 0.469 e. The van der Waals surface area contributed by atoms with Gasteiger partial charge in [0.1, 0.15) is 5.78 Å². The van der Waals surface area contributed by atoms with Crippen LogP contribution >= 0.6 is 0 Å². The monoisotopic (exact) mass is 364 g/mol. The Morgan fingerprint density at radius 2 is 2.04 bits per heavy atom. The molecule has 0 unspecified atom stereocenters. The molecule has 0 radical (unpaired) electrons. The molecule has 2 bridgehead atoms. The van der Waals surface area contributed by atoms with E-state index in [1.54, 1.807) is 0 Å². The van der Waals surface area contributed by atoms with Gasteiger partial charge in [0.15, 0.2) is 0 Å². The number of rotatable bonds is 3. The second kappa shape index (κ2) is 6.03. The first-order valence-electron chi connectivity index (χ1n) is 10.2. The van der Waals surface area contributed by atoms with Crippen LogP contribution < -0.4 is 0 Å². The van der Waals surface area contributed by atoms with Crippen molar-refractivity contribution in [3.8, 4) is 0 Å². The Hall–Kier alpha value is -0.940. The molecule has 4 fully saturated rings. The molecule has 0 heterocycles. The van der Waals surface area contributed by atoms with Gasteiger partial charge in [0, 0.05) is 12.3 Å². The summed E-state index contributed by atoms with van der Waals surface area (Å²) in [6, 6.07) is 0. The third-order valence-electron chi connectivity index (χ3n) is 8.91. The zero-order valence-corrected chi connectivity index (χ0v) is 16.0. The second-order valence-electron chi connectivity index (χ2n) is 9.84. The van der Waals surface area contributed by atoms with Crippen molar-refractivity contribution in [3.63, 3.8) is 0 Å². The van der Waals surface area contributed by atoms with Gasteiger partial charge < -0.3 is 14.9 Å². The molecule has 0 aromatic carbocycles. The Bertz CT molecular complexity index is 618. The summed E-state index contributed by atoms with van der Waals surface area (Å²) in [7, 11) is 1.39. The van der Waals surface area contributed by atoms with Crippen LogP contribution in [-0.2, 0) is 14.3 Å². The number of aliphatic hydroxyl groups is 2. The van der Waals surface area contributed by atoms with Gasteiger partial charge >= 0.3 is 5.97 Å². The highest BCUT2D eigenvalue weighted by Crippen LogP contribution is 2.71. The molecule has 0 saturated heterocycles. The Morgan fingerprint density at radius 1 is 1.27 bits per heavy atom. The fourth-order valence-electron chi connectivity index (χ4n) is 7.77. The van der Waals surface area contributed by atoms with E-state index < -0.39 is 5.60 Å². The molecule has 1 spiro atoms. The number of aliphatic hydroxyl groups excluding tert-OH is 1. The SMILES string of the molecule is COC(=O)C[C@@H]1C(=O)CC[C@]2(C)[C@@H]1CC[C@@]13C[C@@H](CC[C@H]12)[C@@](O)(CO)C3. The van der Waals surface area contributed by atoms with E-state index in [0.29, 0.717) is 18.8 Å². The number of carbonyl (C=O) groups excluding carboxylic acids is 2. The molecule has 5 heteroatoms. The van der Waals surface area contributed by atoms with Gasteiger partial charge in [0.05, 0.1) is 25.7 Å². The summed E-state index contributed by atoms with van der Waals surface area (Å²) in [5.74, 6) is 0.638. The molecule has 4 rings (SSSR count). The van der Waals surface area contributed by atoms with E-state index in [2.05, 4.69) is 6.92 Å². The topological polar surface area (TPSA) is 83.8 Å². The lowest BCUT2D eigenvalue weighted by Gasteiger charge is -2.61. The van der Waals surface area contributed by atoms with E-state index in [-0.39, 0.29) is 53.4 Å². The zero-order chi connectivity index (χ0) is 18.7. The molecule has 4 saturated carbocycles. The van der Waals surface area contributed by atoms with Crippen molar-refractivity contribution < 1.29 is 24.5 Å². The highest BCUT2D eigenvalue weighted by molar-refractivity contribution is 5.86. The van der Waals surface area contributed by atoms with Crippen LogP contribution in [-0.4, -0.2) is 41.3 Å². The number of Topliss-reactive ketones (excluding diaryl/α,β-unsaturated/α-hetero) is 1. The first kappa shape index (κ1) is 18.4. The van der Waals surface area contributed by atoms with Crippen molar-refractivity contribution in [3.05, 3.63) is 0 Å². The number of hydrogen-bond acceptors (Lipinski definition) is 5. The van der Waals surface area contributed by atoms with Crippen LogP contribution in [0.2, 0.25) is 0 Å². The van der Waals surface area contributed by atoms with E-state index in [4.69, 9.17) is 4.74 Å². The first-order valence-corrected chi connectivity index (χ1v) is 10.2. The number of ketones is 1. The lowest BCUT2D eigenvalue weighted by atomic mass is 9.43. The Labute approximate surface area is 155 Å². The van der Waals surface area contributed by atoms with Crippen LogP contribution in [0.3, 0.4) is 0 Å². The van der Waals surface area contributed by atoms with Crippen LogP contribution in [0.1, 0.15) is 64.7 Å². The summed E-state index contributed by atoms with van der Waals surface area (Å²) >= 11 is 0. The Morgan fingerprint density at radius 3 is 2.73 bits per heavy atom. The van der Waals surface area contributed by atoms with E-state index in [1.807, 2.05) is 0 Å². The molecule has 4 aliphatic rings. The molecule has 0 aromatic heterocycles. The van der Waals surface area contributed by atoms with Crippen molar-refractivity contribution in [1.29, 1.82) is 0 Å². The number of esters is 1. The highest BCUT2D eigenvalue weighted by Gasteiger charge is 2.66. The van der Waals surface area contributed by atoms with Crippen molar-refractivity contribution in [2.45, 2.75) is 70.3 Å². The van der Waals surface area contributed by atoms with Gasteiger partial charge in [-0.3, -0.25) is 9.59 Å². The minimum atomic E-state index is -0.923. The van der Waals surface area contributed by atoms with E-state index in [9.17, 15) is 19.8 Å². The van der Waals surface area contributed by atoms with Gasteiger partial charge in [-0.25, -0.2) is 0 Å². The van der Waals surface area contributed by atoms with E-state index >= 15 is 0 Å². The molecule has 146 valence electrons. The minimum Gasteiger partial charge on any atom is -0.469 e. The zero-order valence-electron chi connectivity index (χ0n) is 16.0. The van der Waals surface area contributed by atoms with Gasteiger partial charge in [-0.1, -0.05) is 6.92 Å². The van der Waals surface area contributed by atoms with Crippen LogP contribution in [0.5, 0.6) is 0 Å². The third-order valence-corrected chi connectivity index (χ3v) is 8.91. The summed E-state index contributed by atoms with van der Waals surface area (Å²) in [4.78, 5) is 24.5. The molecular weight excluding hydrogens is 332 g/mol. The summed E-state index contributed by atoms with van der Waals surface area (Å²) in [6.45, 7) is 2.19. The van der Waals surface area contributed by atoms with Gasteiger partial charge in [0.2, 0.25) is 0 Å². The van der Waals surface area contributed by atoms with Crippen LogP contribution in [0.25, 0.3) is 0 Å². The molecule has 4 aliphatic carbocycles. The summed E-state index contributed by atoms with van der Waals surface area (Å²) < 4.78 is 4.86. The van der Waals surface area contributed by atoms with E-state index in [0.717, 1.165) is 38.5 Å². The number of ether oxygens (including phenoxy) is 1. The summed E-state index contributed by atoms with van der Waals surface area (Å²) in [5, 5.41) is 20.8. The number of carbonyl (C=O) groups is 2. The lowest BCUT2D eigenvalue weighted by Crippen LogP contribution is -2.55. The molecule has 7 atom stereocenters. The van der Waals surface area contributed by atoms with Gasteiger partial charge in [-0.2, -0.15) is 0 Å². The van der Waals surface area contributed by atoms with Gasteiger partial charge in [-0.05, 0) is 73.5 Å². The number of methoxy groups -OCH3 is 1. The normalized spacial score (nSPS) is 50.1. The van der Waals surface area contributed by atoms with Crippen molar-refractivity contribution >= 4 is 11.8 Å². The van der Waals surface area contributed by atoms with Crippen LogP contribution in [0.4, 0.5) is 0 Å². The fourth-order valence-corrected chi connectivity index (χ4v) is 7.77. The van der Waals surface area contributed by atoms with Crippen LogP contribution in [0, 0.1) is 34.5 Å². The molecule has 2 N–H and O–H groups in total. The highest BCUT2D eigenvalue weighted by atomic mass is 16.5. The maximum Gasteiger partial charge on any atom is 0.306 e. The number of fused-ring (bicyclic) bond motifs is 3. The molecule has 0 aliphatic heterocycles. The van der Waals surface area contributed by atoms with Crippen LogP contribution in [0.15, 0.2) is 0 Å². The average Bonchev–Trinajstić information content (AvgIpc) is 2.84. The summed E-state index contributed by atoms with van der Waals surface area (Å²) in [6.07, 6.45) is 7.32. The second-order valence-corrected chi connectivity index (χ2v) is 9.84. The predicted octanol–water partition coefficient (Wildman–Crippen LogP) is 2.47. The van der Waals surface area contributed by atoms with Crippen molar-refractivity contribution in [2.75, 3.05) is 13.7 Å². The van der Waals surface area contributed by atoms with Crippen molar-refractivity contribution in [2.24, 2.45) is 34.5 Å². The Kier molecular flexibility index (Phi) is 4.27. The third kappa shape index (κ3) is 2.42. The Balaban J connectivity index is 1.65. The average molecular weight is 364 g/mol. The van der Waals surface area contributed by atoms with Crippen molar-refractivity contribution in [1.82, 2.24) is 0 Å². The first-order chi connectivity index (χ1) is 12.3. The smallest absolute Gasteiger partial charge is 0.306 e. The lowest BCUT2D eigenvalue weighted by molar-refractivity contribution is -0.160. The number of hydrogen-bond donors (Lipinski definition) is 2. The quantitative estimate of drug-likeness (QED) is 0.752. The minimum absolute atomic E-state index is 0.0382. The molecule has 0 amide bonds. The summed E-state index contributed by atoms with van der Waals surface area (Å²) in [5.41, 5.74) is -0.785.